The maximum absolute atomic E-state index is 6.38. The van der Waals surface area contributed by atoms with Crippen molar-refractivity contribution in [3.8, 4) is 0 Å². The summed E-state index contributed by atoms with van der Waals surface area (Å²) in [6, 6.07) is 9.11. The molecular weight excluding hydrogens is 254 g/mol. The summed E-state index contributed by atoms with van der Waals surface area (Å²) in [6.45, 7) is 5.70. The minimum Gasteiger partial charge on any atom is -0.313 e. The van der Waals surface area contributed by atoms with Crippen LogP contribution in [0.3, 0.4) is 0 Å². The van der Waals surface area contributed by atoms with Gasteiger partial charge in [0.15, 0.2) is 0 Å². The van der Waals surface area contributed by atoms with Crippen molar-refractivity contribution in [2.45, 2.75) is 57.9 Å². The largest absolute Gasteiger partial charge is 0.313 e. The molecule has 0 amide bonds. The molecule has 0 bridgehead atoms. The summed E-state index contributed by atoms with van der Waals surface area (Å²) in [7, 11) is 0. The average molecular weight is 280 g/mol. The first kappa shape index (κ1) is 14.9. The van der Waals surface area contributed by atoms with E-state index in [0.717, 1.165) is 23.5 Å². The van der Waals surface area contributed by atoms with E-state index in [1.54, 1.807) is 0 Å². The number of halogens is 1. The summed E-state index contributed by atoms with van der Waals surface area (Å²) in [5, 5.41) is 4.60. The molecule has 19 heavy (non-hydrogen) atoms. The highest BCUT2D eigenvalue weighted by atomic mass is 35.5. The van der Waals surface area contributed by atoms with Crippen LogP contribution in [-0.4, -0.2) is 12.6 Å². The quantitative estimate of drug-likeness (QED) is 0.706. The molecule has 1 aromatic carbocycles. The van der Waals surface area contributed by atoms with Crippen LogP contribution in [0.1, 0.15) is 57.4 Å². The lowest BCUT2D eigenvalue weighted by Gasteiger charge is -2.23. The number of hydrogen-bond acceptors (Lipinski definition) is 1. The standard InChI is InChI=1S/C17H26ClN/c1-3-6-13(2)11-14(12-19-15-9-10-15)16-7-4-5-8-17(16)18/h4-5,7-8,13-15,19H,3,6,9-12H2,1-2H3. The van der Waals surface area contributed by atoms with Gasteiger partial charge in [-0.2, -0.15) is 0 Å². The van der Waals surface area contributed by atoms with E-state index < -0.39 is 0 Å². The van der Waals surface area contributed by atoms with Gasteiger partial charge in [0.25, 0.3) is 0 Å². The Hall–Kier alpha value is -0.530. The lowest BCUT2D eigenvalue weighted by Crippen LogP contribution is -2.25. The molecule has 1 N–H and O–H groups in total. The van der Waals surface area contributed by atoms with Crippen LogP contribution in [0.15, 0.2) is 24.3 Å². The van der Waals surface area contributed by atoms with Crippen LogP contribution < -0.4 is 5.32 Å². The molecule has 0 radical (unpaired) electrons. The number of benzene rings is 1. The Labute approximate surface area is 122 Å². The van der Waals surface area contributed by atoms with E-state index in [1.165, 1.54) is 37.7 Å². The third-order valence-corrected chi connectivity index (χ3v) is 4.39. The molecule has 0 saturated heterocycles. The van der Waals surface area contributed by atoms with Crippen LogP contribution in [0.4, 0.5) is 0 Å². The summed E-state index contributed by atoms with van der Waals surface area (Å²) < 4.78 is 0. The van der Waals surface area contributed by atoms with Crippen molar-refractivity contribution in [1.82, 2.24) is 5.32 Å². The van der Waals surface area contributed by atoms with Gasteiger partial charge >= 0.3 is 0 Å². The molecule has 1 aliphatic carbocycles. The predicted molar refractivity (Wildman–Crippen MR) is 83.9 cm³/mol. The normalized spacial score (nSPS) is 18.3. The zero-order chi connectivity index (χ0) is 13.7. The van der Waals surface area contributed by atoms with Gasteiger partial charge in [-0.05, 0) is 42.7 Å². The Bertz CT molecular complexity index is 387. The molecule has 2 atom stereocenters. The maximum Gasteiger partial charge on any atom is 0.0441 e. The van der Waals surface area contributed by atoms with Crippen molar-refractivity contribution in [1.29, 1.82) is 0 Å². The molecule has 1 aromatic rings. The molecule has 2 unspecified atom stereocenters. The van der Waals surface area contributed by atoms with Gasteiger partial charge in [-0.1, -0.05) is 56.5 Å². The topological polar surface area (TPSA) is 12.0 Å². The Balaban J connectivity index is 2.01. The molecule has 0 heterocycles. The highest BCUT2D eigenvalue weighted by molar-refractivity contribution is 6.31. The fourth-order valence-electron chi connectivity index (χ4n) is 2.82. The molecule has 2 rings (SSSR count). The molecule has 2 heteroatoms. The third kappa shape index (κ3) is 4.81. The van der Waals surface area contributed by atoms with Crippen molar-refractivity contribution in [2.75, 3.05) is 6.54 Å². The van der Waals surface area contributed by atoms with Crippen LogP contribution in [0.5, 0.6) is 0 Å². The van der Waals surface area contributed by atoms with Gasteiger partial charge in [0.1, 0.15) is 0 Å². The van der Waals surface area contributed by atoms with Crippen molar-refractivity contribution in [3.05, 3.63) is 34.9 Å². The average Bonchev–Trinajstić information content (AvgIpc) is 3.19. The Kier molecular flexibility index (Phi) is 5.72. The lowest BCUT2D eigenvalue weighted by molar-refractivity contribution is 0.419. The van der Waals surface area contributed by atoms with E-state index in [4.69, 9.17) is 11.6 Å². The van der Waals surface area contributed by atoms with E-state index in [0.29, 0.717) is 5.92 Å². The first-order valence-corrected chi connectivity index (χ1v) is 8.06. The summed E-state index contributed by atoms with van der Waals surface area (Å²) in [6.07, 6.45) is 6.51. The van der Waals surface area contributed by atoms with E-state index >= 15 is 0 Å². The zero-order valence-corrected chi connectivity index (χ0v) is 12.9. The molecule has 1 nitrogen and oxygen atoms in total. The van der Waals surface area contributed by atoms with E-state index in [2.05, 4.69) is 31.3 Å². The van der Waals surface area contributed by atoms with Gasteiger partial charge in [0, 0.05) is 17.6 Å². The maximum atomic E-state index is 6.38. The monoisotopic (exact) mass is 279 g/mol. The second kappa shape index (κ2) is 7.31. The van der Waals surface area contributed by atoms with Crippen LogP contribution in [0, 0.1) is 5.92 Å². The summed E-state index contributed by atoms with van der Waals surface area (Å²) >= 11 is 6.38. The molecule has 1 saturated carbocycles. The van der Waals surface area contributed by atoms with Crippen LogP contribution in [-0.2, 0) is 0 Å². The van der Waals surface area contributed by atoms with Crippen molar-refractivity contribution < 1.29 is 0 Å². The van der Waals surface area contributed by atoms with Crippen LogP contribution >= 0.6 is 11.6 Å². The van der Waals surface area contributed by atoms with Gasteiger partial charge < -0.3 is 5.32 Å². The predicted octanol–water partition coefficient (Wildman–Crippen LogP) is 5.00. The highest BCUT2D eigenvalue weighted by Crippen LogP contribution is 2.31. The smallest absolute Gasteiger partial charge is 0.0441 e. The fourth-order valence-corrected chi connectivity index (χ4v) is 3.11. The Morgan fingerprint density at radius 3 is 2.68 bits per heavy atom. The number of nitrogens with one attached hydrogen (secondary N) is 1. The van der Waals surface area contributed by atoms with E-state index in [1.807, 2.05) is 12.1 Å². The van der Waals surface area contributed by atoms with Crippen molar-refractivity contribution in [3.63, 3.8) is 0 Å². The summed E-state index contributed by atoms with van der Waals surface area (Å²) in [5.41, 5.74) is 1.32. The fraction of sp³-hybridized carbons (Fsp3) is 0.647. The Morgan fingerprint density at radius 2 is 2.05 bits per heavy atom. The molecule has 0 aromatic heterocycles. The van der Waals surface area contributed by atoms with E-state index in [9.17, 15) is 0 Å². The lowest BCUT2D eigenvalue weighted by atomic mass is 9.87. The molecule has 0 aliphatic heterocycles. The van der Waals surface area contributed by atoms with E-state index in [-0.39, 0.29) is 0 Å². The summed E-state index contributed by atoms with van der Waals surface area (Å²) in [5.74, 6) is 1.32. The van der Waals surface area contributed by atoms with Crippen molar-refractivity contribution >= 4 is 11.6 Å². The highest BCUT2D eigenvalue weighted by Gasteiger charge is 2.24. The SMILES string of the molecule is CCCC(C)CC(CNC1CC1)c1ccccc1Cl. The van der Waals surface area contributed by atoms with Crippen LogP contribution in [0.2, 0.25) is 5.02 Å². The number of rotatable bonds is 8. The first-order chi connectivity index (χ1) is 9.20. The molecule has 0 spiro atoms. The van der Waals surface area contributed by atoms with Gasteiger partial charge in [-0.3, -0.25) is 0 Å². The molecular formula is C17H26ClN. The van der Waals surface area contributed by atoms with Gasteiger partial charge in [-0.15, -0.1) is 0 Å². The third-order valence-electron chi connectivity index (χ3n) is 4.04. The minimum absolute atomic E-state index is 0.552. The second-order valence-electron chi connectivity index (χ2n) is 6.03. The second-order valence-corrected chi connectivity index (χ2v) is 6.44. The van der Waals surface area contributed by atoms with Crippen LogP contribution in [0.25, 0.3) is 0 Å². The Morgan fingerprint density at radius 1 is 1.32 bits per heavy atom. The van der Waals surface area contributed by atoms with Gasteiger partial charge in [0.2, 0.25) is 0 Å². The van der Waals surface area contributed by atoms with Crippen molar-refractivity contribution in [2.24, 2.45) is 5.92 Å². The molecule has 1 aliphatic rings. The zero-order valence-electron chi connectivity index (χ0n) is 12.2. The minimum atomic E-state index is 0.552. The molecule has 106 valence electrons. The summed E-state index contributed by atoms with van der Waals surface area (Å²) in [4.78, 5) is 0. The first-order valence-electron chi connectivity index (χ1n) is 7.68. The van der Waals surface area contributed by atoms with Gasteiger partial charge in [0.05, 0.1) is 0 Å². The van der Waals surface area contributed by atoms with Gasteiger partial charge in [-0.25, -0.2) is 0 Å². The number of hydrogen-bond donors (Lipinski definition) is 1. The molecule has 1 fully saturated rings.